The summed E-state index contributed by atoms with van der Waals surface area (Å²) in [6.45, 7) is 3.32. The Labute approximate surface area is 155 Å². The molecule has 0 bridgehead atoms. The molecule has 2 aliphatic heterocycles. The van der Waals surface area contributed by atoms with Crippen LogP contribution < -0.4 is 14.0 Å². The Morgan fingerprint density at radius 2 is 1.92 bits per heavy atom. The van der Waals surface area contributed by atoms with E-state index in [0.717, 1.165) is 21.6 Å². The predicted octanol–water partition coefficient (Wildman–Crippen LogP) is -0.688. The molecule has 0 amide bonds. The van der Waals surface area contributed by atoms with Crippen molar-refractivity contribution in [3.8, 4) is 0 Å². The number of ketones is 1. The first-order chi connectivity index (χ1) is 11.6. The molecule has 0 saturated carbocycles. The molecule has 3 rings (SSSR count). The summed E-state index contributed by atoms with van der Waals surface area (Å²) >= 11 is 3.39. The fourth-order valence-electron chi connectivity index (χ4n) is 2.51. The molecule has 2 heterocycles. The third-order valence-electron chi connectivity index (χ3n) is 3.66. The molecule has 134 valence electrons. The number of benzene rings is 1. The van der Waals surface area contributed by atoms with Crippen LogP contribution in [0.3, 0.4) is 0 Å². The van der Waals surface area contributed by atoms with Crippen LogP contribution in [0.2, 0.25) is 0 Å². The van der Waals surface area contributed by atoms with E-state index in [1.807, 2.05) is 49.4 Å². The number of aliphatic imine (C=N–C) groups is 1. The monoisotopic (exact) mass is 430 g/mol. The van der Waals surface area contributed by atoms with E-state index in [1.54, 1.807) is 0 Å². The van der Waals surface area contributed by atoms with Gasteiger partial charge in [0.15, 0.2) is 5.78 Å². The number of allylic oxidation sites excluding steroid dienone is 3. The van der Waals surface area contributed by atoms with Gasteiger partial charge in [0.05, 0.1) is 27.4 Å². The molecule has 1 atom stereocenters. The van der Waals surface area contributed by atoms with Gasteiger partial charge < -0.3 is 4.90 Å². The van der Waals surface area contributed by atoms with Gasteiger partial charge in [0.2, 0.25) is 0 Å². The zero-order valence-electron chi connectivity index (χ0n) is 13.3. The number of hydrogen-bond donors (Lipinski definition) is 1. The summed E-state index contributed by atoms with van der Waals surface area (Å²) in [6.07, 6.45) is 6.04. The maximum atomic E-state index is 12.5. The summed E-state index contributed by atoms with van der Waals surface area (Å²) in [4.78, 5) is 19.2. The number of hydrogen-bond acceptors (Lipinski definition) is 7. The summed E-state index contributed by atoms with van der Waals surface area (Å²) < 4.78 is 33.7. The highest BCUT2D eigenvalue weighted by atomic mass is 79.9. The zero-order valence-corrected chi connectivity index (χ0v) is 15.6. The van der Waals surface area contributed by atoms with Crippen LogP contribution in [0, 0.1) is 16.2 Å². The van der Waals surface area contributed by atoms with E-state index in [4.69, 9.17) is 18.6 Å². The number of nitrogens with zero attached hydrogens (tertiary/aromatic N) is 2. The normalized spacial score (nSPS) is 19.3. The number of rotatable bonds is 2. The van der Waals surface area contributed by atoms with Crippen LogP contribution in [-0.4, -0.2) is 34.3 Å². The minimum Gasteiger partial charge on any atom is -0.330 e. The maximum absolute atomic E-state index is 12.5. The van der Waals surface area contributed by atoms with Crippen molar-refractivity contribution in [2.24, 2.45) is 10.9 Å². The highest BCUT2D eigenvalue weighted by Crippen LogP contribution is 2.22. The van der Waals surface area contributed by atoms with Crippen LogP contribution >= 0.6 is 15.9 Å². The van der Waals surface area contributed by atoms with Gasteiger partial charge in [-0.1, -0.05) is 34.1 Å². The third-order valence-corrected chi connectivity index (χ3v) is 4.19. The Balaban J connectivity index is 0.000000399. The SMILES string of the molecule is CC1=CC=CC2=NCC(C(=O)c3ccc(Br)cc3)CN12.[O-][Cl+3]([O-])([O-])O. The van der Waals surface area contributed by atoms with Crippen molar-refractivity contribution < 1.29 is 33.7 Å². The molecule has 9 heteroatoms. The lowest BCUT2D eigenvalue weighted by molar-refractivity contribution is -1.92. The van der Waals surface area contributed by atoms with Gasteiger partial charge in [-0.15, -0.1) is 0 Å². The van der Waals surface area contributed by atoms with Crippen LogP contribution in [0.25, 0.3) is 0 Å². The molecule has 1 N–H and O–H groups in total. The fourth-order valence-corrected chi connectivity index (χ4v) is 2.77. The average molecular weight is 432 g/mol. The van der Waals surface area contributed by atoms with Gasteiger partial charge in [0, 0.05) is 22.3 Å². The van der Waals surface area contributed by atoms with Crippen molar-refractivity contribution in [2.45, 2.75) is 6.92 Å². The van der Waals surface area contributed by atoms with E-state index >= 15 is 0 Å². The Morgan fingerprint density at radius 1 is 1.32 bits per heavy atom. The predicted molar refractivity (Wildman–Crippen MR) is 86.1 cm³/mol. The summed E-state index contributed by atoms with van der Waals surface area (Å²) in [5, 5.41) is 0. The maximum Gasteiger partial charge on any atom is 0.169 e. The first-order valence-corrected chi connectivity index (χ1v) is 9.31. The molecule has 0 aliphatic carbocycles. The van der Waals surface area contributed by atoms with Crippen LogP contribution in [0.15, 0.2) is 57.7 Å². The van der Waals surface area contributed by atoms with Gasteiger partial charge in [-0.3, -0.25) is 9.79 Å². The van der Waals surface area contributed by atoms with Crippen LogP contribution in [-0.2, 0) is 0 Å². The van der Waals surface area contributed by atoms with E-state index in [0.29, 0.717) is 13.1 Å². The van der Waals surface area contributed by atoms with Crippen molar-refractivity contribution in [1.29, 1.82) is 0 Å². The van der Waals surface area contributed by atoms with Gasteiger partial charge in [0.1, 0.15) is 5.84 Å². The van der Waals surface area contributed by atoms with Crippen LogP contribution in [0.5, 0.6) is 0 Å². The summed E-state index contributed by atoms with van der Waals surface area (Å²) in [5.74, 6) is 1.06. The Hall–Kier alpha value is -1.55. The molecule has 0 radical (unpaired) electrons. The van der Waals surface area contributed by atoms with Gasteiger partial charge in [0.25, 0.3) is 0 Å². The minimum atomic E-state index is -4.69. The number of carbonyl (C=O) groups excluding carboxylic acids is 1. The second kappa shape index (κ2) is 8.22. The summed E-state index contributed by atoms with van der Waals surface area (Å²) in [6, 6.07) is 7.54. The third kappa shape index (κ3) is 6.03. The van der Waals surface area contributed by atoms with Gasteiger partial charge >= 0.3 is 0 Å². The Bertz CT molecular complexity index is 719. The molecule has 0 fully saturated rings. The van der Waals surface area contributed by atoms with Crippen molar-refractivity contribution in [2.75, 3.05) is 13.1 Å². The molecule has 0 spiro atoms. The van der Waals surface area contributed by atoms with Gasteiger partial charge in [-0.25, -0.2) is 0 Å². The lowest BCUT2D eigenvalue weighted by Gasteiger charge is -2.34. The minimum absolute atomic E-state index is 0.0743. The fraction of sp³-hybridized carbons (Fsp3) is 0.250. The topological polar surface area (TPSA) is 122 Å². The molecule has 0 saturated heterocycles. The zero-order chi connectivity index (χ0) is 18.6. The number of fused-ring (bicyclic) bond motifs is 1. The number of Topliss-reactive ketones (excluding diaryl/α,β-unsaturated/α-hetero) is 1. The molecular formula is C16H16BrClN2O5. The average Bonchev–Trinajstić information content (AvgIpc) is 2.53. The van der Waals surface area contributed by atoms with Crippen molar-refractivity contribution in [3.63, 3.8) is 0 Å². The molecule has 1 aromatic rings. The lowest BCUT2D eigenvalue weighted by atomic mass is 9.95. The first kappa shape index (κ1) is 19.8. The largest absolute Gasteiger partial charge is 0.330 e. The second-order valence-electron chi connectivity index (χ2n) is 5.44. The van der Waals surface area contributed by atoms with E-state index in [1.165, 1.54) is 0 Å². The molecule has 25 heavy (non-hydrogen) atoms. The van der Waals surface area contributed by atoms with E-state index in [9.17, 15) is 4.79 Å². The van der Waals surface area contributed by atoms with E-state index in [-0.39, 0.29) is 11.7 Å². The lowest BCUT2D eigenvalue weighted by Crippen LogP contribution is -2.58. The Morgan fingerprint density at radius 3 is 2.52 bits per heavy atom. The molecule has 7 nitrogen and oxygen atoms in total. The number of halogens is 2. The van der Waals surface area contributed by atoms with Crippen molar-refractivity contribution in [3.05, 3.63) is 58.2 Å². The van der Waals surface area contributed by atoms with Crippen molar-refractivity contribution in [1.82, 2.24) is 4.90 Å². The van der Waals surface area contributed by atoms with E-state index in [2.05, 4.69) is 25.8 Å². The molecule has 0 aromatic heterocycles. The molecule has 1 aromatic carbocycles. The highest BCUT2D eigenvalue weighted by molar-refractivity contribution is 9.10. The van der Waals surface area contributed by atoms with Crippen LogP contribution in [0.1, 0.15) is 17.3 Å². The smallest absolute Gasteiger partial charge is 0.169 e. The van der Waals surface area contributed by atoms with Gasteiger partial charge in [-0.05, 0) is 31.2 Å². The molecule has 1 unspecified atom stereocenters. The molecular weight excluding hydrogens is 416 g/mol. The summed E-state index contributed by atoms with van der Waals surface area (Å²) in [5.41, 5.74) is 1.89. The van der Waals surface area contributed by atoms with Crippen molar-refractivity contribution >= 4 is 27.5 Å². The van der Waals surface area contributed by atoms with Crippen LogP contribution in [0.4, 0.5) is 0 Å². The molecule has 2 aliphatic rings. The first-order valence-electron chi connectivity index (χ1n) is 7.25. The second-order valence-corrected chi connectivity index (χ2v) is 7.15. The Kier molecular flexibility index (Phi) is 6.50. The standard InChI is InChI=1S/C16H15BrN2O.ClHO4/c1-11-3-2-4-15-18-9-13(10-19(11)15)16(20)12-5-7-14(17)8-6-12;2-1(3,4)5/h2-8,13H,9-10H2,1H3;(H,2,3,4,5). The number of carbonyl (C=O) groups is 1. The summed E-state index contributed by atoms with van der Waals surface area (Å²) in [7, 11) is -4.69. The van der Waals surface area contributed by atoms with Gasteiger partial charge in [-0.2, -0.15) is 14.0 Å². The quantitative estimate of drug-likeness (QED) is 0.619. The van der Waals surface area contributed by atoms with E-state index < -0.39 is 10.2 Å². The number of amidine groups is 1. The highest BCUT2D eigenvalue weighted by Gasteiger charge is 2.28.